The Kier molecular flexibility index (Phi) is 5.96. The lowest BCUT2D eigenvalue weighted by Crippen LogP contribution is -2.48. The van der Waals surface area contributed by atoms with E-state index in [2.05, 4.69) is 22.5 Å². The SMILES string of the molecule is CC(CNC1CCCCC1C1CCCN1)CN1CCCC1. The summed E-state index contributed by atoms with van der Waals surface area (Å²) < 4.78 is 0. The van der Waals surface area contributed by atoms with Gasteiger partial charge in [0.25, 0.3) is 0 Å². The largest absolute Gasteiger partial charge is 0.314 e. The molecule has 3 fully saturated rings. The average Bonchev–Trinajstić information content (AvgIpc) is 3.18. The summed E-state index contributed by atoms with van der Waals surface area (Å²) in [6, 6.07) is 1.58. The predicted molar refractivity (Wildman–Crippen MR) is 89.6 cm³/mol. The van der Waals surface area contributed by atoms with E-state index in [0.29, 0.717) is 0 Å². The lowest BCUT2D eigenvalue weighted by molar-refractivity contribution is 0.201. The zero-order valence-corrected chi connectivity index (χ0v) is 13.9. The van der Waals surface area contributed by atoms with Gasteiger partial charge in [-0.1, -0.05) is 19.8 Å². The molecule has 0 aromatic carbocycles. The zero-order chi connectivity index (χ0) is 14.5. The van der Waals surface area contributed by atoms with Crippen LogP contribution in [0, 0.1) is 11.8 Å². The fourth-order valence-corrected chi connectivity index (χ4v) is 4.79. The minimum atomic E-state index is 0.773. The highest BCUT2D eigenvalue weighted by Gasteiger charge is 2.33. The van der Waals surface area contributed by atoms with Crippen molar-refractivity contribution in [3.05, 3.63) is 0 Å². The van der Waals surface area contributed by atoms with E-state index in [-0.39, 0.29) is 0 Å². The molecular formula is C18H35N3. The Hall–Kier alpha value is -0.120. The van der Waals surface area contributed by atoms with Crippen LogP contribution in [0.1, 0.15) is 58.3 Å². The van der Waals surface area contributed by atoms with Crippen molar-refractivity contribution in [3.8, 4) is 0 Å². The van der Waals surface area contributed by atoms with Crippen LogP contribution < -0.4 is 10.6 Å². The summed E-state index contributed by atoms with van der Waals surface area (Å²) in [6.07, 6.45) is 11.3. The molecule has 0 aromatic heterocycles. The Morgan fingerprint density at radius 2 is 1.86 bits per heavy atom. The first-order valence-electron chi connectivity index (χ1n) is 9.52. The highest BCUT2D eigenvalue weighted by atomic mass is 15.1. The van der Waals surface area contributed by atoms with Crippen molar-refractivity contribution in [1.29, 1.82) is 0 Å². The fraction of sp³-hybridized carbons (Fsp3) is 1.00. The van der Waals surface area contributed by atoms with Gasteiger partial charge in [0.1, 0.15) is 0 Å². The smallest absolute Gasteiger partial charge is 0.0111 e. The topological polar surface area (TPSA) is 27.3 Å². The van der Waals surface area contributed by atoms with E-state index in [1.807, 2.05) is 0 Å². The molecule has 2 N–H and O–H groups in total. The molecule has 1 aliphatic carbocycles. The van der Waals surface area contributed by atoms with E-state index in [9.17, 15) is 0 Å². The molecule has 1 saturated carbocycles. The van der Waals surface area contributed by atoms with E-state index < -0.39 is 0 Å². The fourth-order valence-electron chi connectivity index (χ4n) is 4.79. The molecule has 2 saturated heterocycles. The third kappa shape index (κ3) is 4.43. The standard InChI is InChI=1S/C18H35N3/c1-15(14-21-11-4-5-12-21)13-20-18-8-3-2-7-16(18)17-9-6-10-19-17/h15-20H,2-14H2,1H3. The van der Waals surface area contributed by atoms with Gasteiger partial charge in [-0.25, -0.2) is 0 Å². The Bertz CT molecular complexity index is 295. The van der Waals surface area contributed by atoms with Crippen LogP contribution in [0.3, 0.4) is 0 Å². The molecule has 0 amide bonds. The van der Waals surface area contributed by atoms with Crippen molar-refractivity contribution in [3.63, 3.8) is 0 Å². The second-order valence-corrected chi connectivity index (χ2v) is 7.78. The number of hydrogen-bond acceptors (Lipinski definition) is 3. The molecule has 4 atom stereocenters. The van der Waals surface area contributed by atoms with Gasteiger partial charge in [0.05, 0.1) is 0 Å². The first kappa shape index (κ1) is 15.8. The normalized spacial score (nSPS) is 36.1. The number of nitrogens with one attached hydrogen (secondary N) is 2. The van der Waals surface area contributed by atoms with E-state index in [1.165, 1.54) is 84.1 Å². The van der Waals surface area contributed by atoms with Crippen LogP contribution in [0.5, 0.6) is 0 Å². The van der Waals surface area contributed by atoms with Crippen LogP contribution in [0.15, 0.2) is 0 Å². The molecule has 0 aromatic rings. The summed E-state index contributed by atoms with van der Waals surface area (Å²) in [4.78, 5) is 2.66. The molecule has 0 spiro atoms. The maximum absolute atomic E-state index is 3.96. The summed E-state index contributed by atoms with van der Waals surface area (Å²) in [6.45, 7) is 8.86. The third-order valence-corrected chi connectivity index (χ3v) is 5.93. The lowest BCUT2D eigenvalue weighted by atomic mass is 9.79. The van der Waals surface area contributed by atoms with Crippen LogP contribution >= 0.6 is 0 Å². The van der Waals surface area contributed by atoms with Gasteiger partial charge in [0, 0.05) is 18.6 Å². The zero-order valence-electron chi connectivity index (χ0n) is 13.9. The molecule has 4 unspecified atom stereocenters. The Labute approximate surface area is 131 Å². The van der Waals surface area contributed by atoms with E-state index in [0.717, 1.165) is 23.9 Å². The molecule has 3 aliphatic rings. The molecule has 122 valence electrons. The van der Waals surface area contributed by atoms with E-state index >= 15 is 0 Å². The Morgan fingerprint density at radius 1 is 1.05 bits per heavy atom. The Morgan fingerprint density at radius 3 is 2.62 bits per heavy atom. The predicted octanol–water partition coefficient (Wildman–Crippen LogP) is 2.62. The van der Waals surface area contributed by atoms with Gasteiger partial charge in [0.15, 0.2) is 0 Å². The van der Waals surface area contributed by atoms with Crippen LogP contribution in [0.2, 0.25) is 0 Å². The molecule has 2 heterocycles. The van der Waals surface area contributed by atoms with Crippen molar-refractivity contribution < 1.29 is 0 Å². The monoisotopic (exact) mass is 293 g/mol. The van der Waals surface area contributed by atoms with Crippen molar-refractivity contribution in [2.45, 2.75) is 70.4 Å². The average molecular weight is 293 g/mol. The quantitative estimate of drug-likeness (QED) is 0.788. The summed E-state index contributed by atoms with van der Waals surface area (Å²) in [5, 5.41) is 7.71. The van der Waals surface area contributed by atoms with Crippen LogP contribution in [-0.4, -0.2) is 49.7 Å². The van der Waals surface area contributed by atoms with Gasteiger partial charge in [-0.15, -0.1) is 0 Å². The van der Waals surface area contributed by atoms with Crippen LogP contribution in [0.25, 0.3) is 0 Å². The van der Waals surface area contributed by atoms with Gasteiger partial charge in [-0.2, -0.15) is 0 Å². The number of rotatable bonds is 6. The highest BCUT2D eigenvalue weighted by Crippen LogP contribution is 2.30. The molecule has 3 nitrogen and oxygen atoms in total. The van der Waals surface area contributed by atoms with E-state index in [1.54, 1.807) is 0 Å². The molecule has 21 heavy (non-hydrogen) atoms. The van der Waals surface area contributed by atoms with Gasteiger partial charge in [0.2, 0.25) is 0 Å². The molecule has 3 rings (SSSR count). The third-order valence-electron chi connectivity index (χ3n) is 5.93. The Balaban J connectivity index is 1.43. The molecule has 2 aliphatic heterocycles. The minimum Gasteiger partial charge on any atom is -0.314 e. The summed E-state index contributed by atoms with van der Waals surface area (Å²) in [5.41, 5.74) is 0. The van der Waals surface area contributed by atoms with E-state index in [4.69, 9.17) is 0 Å². The van der Waals surface area contributed by atoms with Crippen molar-refractivity contribution >= 4 is 0 Å². The van der Waals surface area contributed by atoms with Gasteiger partial charge in [-0.3, -0.25) is 0 Å². The van der Waals surface area contributed by atoms with Gasteiger partial charge < -0.3 is 15.5 Å². The van der Waals surface area contributed by atoms with Gasteiger partial charge in [-0.05, 0) is 76.5 Å². The second-order valence-electron chi connectivity index (χ2n) is 7.78. The highest BCUT2D eigenvalue weighted by molar-refractivity contribution is 4.91. The lowest BCUT2D eigenvalue weighted by Gasteiger charge is -2.37. The molecule has 3 heteroatoms. The molecule has 0 radical (unpaired) electrons. The first-order valence-corrected chi connectivity index (χ1v) is 9.52. The first-order chi connectivity index (χ1) is 10.3. The van der Waals surface area contributed by atoms with Crippen molar-refractivity contribution in [2.75, 3.05) is 32.7 Å². The maximum Gasteiger partial charge on any atom is 0.0111 e. The minimum absolute atomic E-state index is 0.773. The van der Waals surface area contributed by atoms with Gasteiger partial charge >= 0.3 is 0 Å². The number of nitrogens with zero attached hydrogens (tertiary/aromatic N) is 1. The van der Waals surface area contributed by atoms with Crippen LogP contribution in [-0.2, 0) is 0 Å². The summed E-state index contributed by atoms with van der Waals surface area (Å²) in [5.74, 6) is 1.68. The van der Waals surface area contributed by atoms with Crippen molar-refractivity contribution in [1.82, 2.24) is 15.5 Å². The van der Waals surface area contributed by atoms with Crippen molar-refractivity contribution in [2.24, 2.45) is 11.8 Å². The van der Waals surface area contributed by atoms with Crippen LogP contribution in [0.4, 0.5) is 0 Å². The molecule has 0 bridgehead atoms. The molecular weight excluding hydrogens is 258 g/mol. The summed E-state index contributed by atoms with van der Waals surface area (Å²) >= 11 is 0. The second kappa shape index (κ2) is 7.94. The maximum atomic E-state index is 3.96. The number of likely N-dealkylation sites (tertiary alicyclic amines) is 1. The number of hydrogen-bond donors (Lipinski definition) is 2. The summed E-state index contributed by atoms with van der Waals surface area (Å²) in [7, 11) is 0.